The Kier molecular flexibility index (Phi) is 5.38. The van der Waals surface area contributed by atoms with Crippen LogP contribution in [-0.2, 0) is 13.0 Å². The first-order valence-electron chi connectivity index (χ1n) is 7.36. The van der Waals surface area contributed by atoms with Crippen LogP contribution in [0, 0.1) is 13.8 Å². The number of H-pyrrole nitrogens is 1. The van der Waals surface area contributed by atoms with Crippen LogP contribution in [0.3, 0.4) is 0 Å². The van der Waals surface area contributed by atoms with Crippen molar-refractivity contribution in [1.29, 1.82) is 0 Å². The smallest absolute Gasteiger partial charge is 0.227 e. The van der Waals surface area contributed by atoms with Crippen LogP contribution < -0.4 is 10.2 Å². The number of rotatable bonds is 7. The lowest BCUT2D eigenvalue weighted by atomic mass is 10.1. The Morgan fingerprint density at radius 1 is 1.41 bits per heavy atom. The van der Waals surface area contributed by atoms with E-state index in [1.807, 2.05) is 20.9 Å². The van der Waals surface area contributed by atoms with Crippen molar-refractivity contribution in [1.82, 2.24) is 15.1 Å². The number of nitrogens with zero attached hydrogens (tertiary/aromatic N) is 2. The third-order valence-corrected chi connectivity index (χ3v) is 3.75. The van der Waals surface area contributed by atoms with Gasteiger partial charge < -0.3 is 9.15 Å². The van der Waals surface area contributed by atoms with Gasteiger partial charge in [0.1, 0.15) is 12.0 Å². The summed E-state index contributed by atoms with van der Waals surface area (Å²) in [4.78, 5) is 13.8. The molecule has 0 saturated heterocycles. The zero-order valence-corrected chi connectivity index (χ0v) is 13.6. The summed E-state index contributed by atoms with van der Waals surface area (Å²) in [5, 5.41) is 7.21. The summed E-state index contributed by atoms with van der Waals surface area (Å²) >= 11 is 0. The van der Waals surface area contributed by atoms with E-state index in [4.69, 9.17) is 9.15 Å². The van der Waals surface area contributed by atoms with Crippen LogP contribution in [-0.4, -0.2) is 35.8 Å². The zero-order valence-electron chi connectivity index (χ0n) is 13.6. The van der Waals surface area contributed by atoms with Crippen LogP contribution in [0.2, 0.25) is 0 Å². The third-order valence-electron chi connectivity index (χ3n) is 3.75. The van der Waals surface area contributed by atoms with Crippen LogP contribution in [0.25, 0.3) is 0 Å². The molecule has 0 aliphatic heterocycles. The van der Waals surface area contributed by atoms with Gasteiger partial charge in [-0.2, -0.15) is 5.10 Å². The first-order chi connectivity index (χ1) is 10.5. The number of aryl methyl sites for hydroxylation is 2. The fourth-order valence-electron chi connectivity index (χ4n) is 2.48. The molecule has 1 N–H and O–H groups in total. The number of aromatic nitrogens is 2. The molecule has 0 atom stereocenters. The van der Waals surface area contributed by atoms with Gasteiger partial charge >= 0.3 is 0 Å². The molecule has 0 amide bonds. The number of methoxy groups -OCH3 is 1. The van der Waals surface area contributed by atoms with Crippen molar-refractivity contribution in [2.75, 3.05) is 20.7 Å². The largest absolute Gasteiger partial charge is 0.490 e. The monoisotopic (exact) mass is 305 g/mol. The lowest BCUT2D eigenvalue weighted by Gasteiger charge is -2.15. The van der Waals surface area contributed by atoms with Gasteiger partial charge in [-0.1, -0.05) is 0 Å². The van der Waals surface area contributed by atoms with Gasteiger partial charge in [-0.05, 0) is 45.8 Å². The Hall–Kier alpha value is -2.08. The first-order valence-corrected chi connectivity index (χ1v) is 7.36. The Morgan fingerprint density at radius 3 is 2.77 bits per heavy atom. The summed E-state index contributed by atoms with van der Waals surface area (Å²) in [5.41, 5.74) is 3.36. The minimum atomic E-state index is -0.151. The predicted octanol–water partition coefficient (Wildman–Crippen LogP) is 2.05. The van der Waals surface area contributed by atoms with Crippen molar-refractivity contribution in [3.8, 4) is 5.75 Å². The quantitative estimate of drug-likeness (QED) is 0.847. The van der Waals surface area contributed by atoms with E-state index in [0.29, 0.717) is 12.3 Å². The van der Waals surface area contributed by atoms with Crippen molar-refractivity contribution >= 4 is 0 Å². The molecule has 2 rings (SSSR count). The molecule has 2 heterocycles. The topological polar surface area (TPSA) is 71.4 Å². The molecule has 0 fully saturated rings. The van der Waals surface area contributed by atoms with E-state index in [0.717, 1.165) is 30.8 Å². The SMILES string of the molecule is COc1coc(CN(C)CCCc2c(C)n[nH]c2C)cc1=O. The lowest BCUT2D eigenvalue weighted by Crippen LogP contribution is -2.20. The summed E-state index contributed by atoms with van der Waals surface area (Å²) in [6.45, 7) is 5.59. The van der Waals surface area contributed by atoms with E-state index < -0.39 is 0 Å². The second-order valence-electron chi connectivity index (χ2n) is 5.53. The van der Waals surface area contributed by atoms with Gasteiger partial charge in [0.15, 0.2) is 0 Å². The molecule has 22 heavy (non-hydrogen) atoms. The first kappa shape index (κ1) is 16.3. The molecule has 0 radical (unpaired) electrons. The van der Waals surface area contributed by atoms with Crippen LogP contribution in [0.1, 0.15) is 29.1 Å². The van der Waals surface area contributed by atoms with Crippen molar-refractivity contribution in [2.45, 2.75) is 33.2 Å². The molecular weight excluding hydrogens is 282 g/mol. The number of hydrogen-bond donors (Lipinski definition) is 1. The standard InChI is InChI=1S/C16H23N3O3/c1-11-14(12(2)18-17-11)6-5-7-19(3)9-13-8-15(20)16(21-4)10-22-13/h8,10H,5-7,9H2,1-4H3,(H,17,18). The molecule has 0 spiro atoms. The number of hydrogen-bond acceptors (Lipinski definition) is 5. The molecule has 0 aliphatic carbocycles. The Labute approximate surface area is 130 Å². The molecule has 0 aromatic carbocycles. The fraction of sp³-hybridized carbons (Fsp3) is 0.500. The minimum Gasteiger partial charge on any atom is -0.490 e. The minimum absolute atomic E-state index is 0.151. The summed E-state index contributed by atoms with van der Waals surface area (Å²) in [6, 6.07) is 1.49. The van der Waals surface area contributed by atoms with Crippen molar-refractivity contribution in [3.63, 3.8) is 0 Å². The van der Waals surface area contributed by atoms with E-state index in [1.54, 1.807) is 0 Å². The highest BCUT2D eigenvalue weighted by atomic mass is 16.5. The van der Waals surface area contributed by atoms with Crippen molar-refractivity contribution < 1.29 is 9.15 Å². The second-order valence-corrected chi connectivity index (χ2v) is 5.53. The maximum atomic E-state index is 11.7. The average Bonchev–Trinajstić information content (AvgIpc) is 2.79. The van der Waals surface area contributed by atoms with E-state index in [2.05, 4.69) is 15.1 Å². The molecule has 120 valence electrons. The maximum absolute atomic E-state index is 11.7. The second kappa shape index (κ2) is 7.26. The highest BCUT2D eigenvalue weighted by Gasteiger charge is 2.09. The molecule has 2 aromatic rings. The maximum Gasteiger partial charge on any atom is 0.227 e. The van der Waals surface area contributed by atoms with E-state index in [1.165, 1.54) is 25.0 Å². The van der Waals surface area contributed by atoms with E-state index >= 15 is 0 Å². The summed E-state index contributed by atoms with van der Waals surface area (Å²) in [6.07, 6.45) is 3.38. The van der Waals surface area contributed by atoms with Crippen molar-refractivity contribution in [3.05, 3.63) is 45.3 Å². The molecule has 0 bridgehead atoms. The Balaban J connectivity index is 1.84. The Morgan fingerprint density at radius 2 is 2.18 bits per heavy atom. The fourth-order valence-corrected chi connectivity index (χ4v) is 2.48. The normalized spacial score (nSPS) is 11.1. The number of nitrogens with one attached hydrogen (secondary N) is 1. The summed E-state index contributed by atoms with van der Waals surface area (Å²) < 4.78 is 10.3. The van der Waals surface area contributed by atoms with Gasteiger partial charge in [-0.3, -0.25) is 14.8 Å². The number of ether oxygens (including phenoxy) is 1. The molecule has 0 unspecified atom stereocenters. The number of aromatic amines is 1. The molecule has 6 nitrogen and oxygen atoms in total. The third kappa shape index (κ3) is 3.98. The van der Waals surface area contributed by atoms with Crippen LogP contribution in [0.5, 0.6) is 5.75 Å². The zero-order chi connectivity index (χ0) is 16.1. The molecular formula is C16H23N3O3. The van der Waals surface area contributed by atoms with Crippen molar-refractivity contribution in [2.24, 2.45) is 0 Å². The summed E-state index contributed by atoms with van der Waals surface area (Å²) in [5.74, 6) is 0.876. The Bertz CT molecular complexity index is 656. The van der Waals surface area contributed by atoms with Gasteiger partial charge in [0, 0.05) is 11.8 Å². The molecule has 0 saturated carbocycles. The summed E-state index contributed by atoms with van der Waals surface area (Å²) in [7, 11) is 3.47. The van der Waals surface area contributed by atoms with Gasteiger partial charge in [0.25, 0.3) is 0 Å². The predicted molar refractivity (Wildman–Crippen MR) is 84.2 cm³/mol. The molecule has 6 heteroatoms. The van der Waals surface area contributed by atoms with Gasteiger partial charge in [-0.25, -0.2) is 0 Å². The highest BCUT2D eigenvalue weighted by Crippen LogP contribution is 2.12. The highest BCUT2D eigenvalue weighted by molar-refractivity contribution is 5.23. The van der Waals surface area contributed by atoms with Gasteiger partial charge in [0.05, 0.1) is 19.3 Å². The molecule has 2 aromatic heterocycles. The van der Waals surface area contributed by atoms with Crippen LogP contribution >= 0.6 is 0 Å². The van der Waals surface area contributed by atoms with Crippen LogP contribution in [0.4, 0.5) is 0 Å². The van der Waals surface area contributed by atoms with Gasteiger partial charge in [-0.15, -0.1) is 0 Å². The average molecular weight is 305 g/mol. The van der Waals surface area contributed by atoms with E-state index in [9.17, 15) is 4.79 Å². The molecule has 0 aliphatic rings. The lowest BCUT2D eigenvalue weighted by molar-refractivity contribution is 0.283. The van der Waals surface area contributed by atoms with Crippen LogP contribution in [0.15, 0.2) is 21.5 Å². The van der Waals surface area contributed by atoms with E-state index in [-0.39, 0.29) is 11.2 Å². The van der Waals surface area contributed by atoms with Gasteiger partial charge in [0.2, 0.25) is 11.2 Å².